The van der Waals surface area contributed by atoms with E-state index in [-0.39, 0.29) is 17.5 Å². The number of amides is 1. The van der Waals surface area contributed by atoms with Gasteiger partial charge in [0.1, 0.15) is 5.82 Å². The Hall–Kier alpha value is -3.86. The predicted octanol–water partition coefficient (Wildman–Crippen LogP) is 3.54. The van der Waals surface area contributed by atoms with Gasteiger partial charge in [0.25, 0.3) is 5.91 Å². The van der Waals surface area contributed by atoms with Crippen LogP contribution in [-0.4, -0.2) is 54.0 Å². The highest BCUT2D eigenvalue weighted by Gasteiger charge is 2.15. The summed E-state index contributed by atoms with van der Waals surface area (Å²) in [5, 5.41) is 12.9. The highest BCUT2D eigenvalue weighted by molar-refractivity contribution is 7.99. The Morgan fingerprint density at radius 3 is 2.41 bits per heavy atom. The van der Waals surface area contributed by atoms with Gasteiger partial charge in [-0.1, -0.05) is 17.8 Å². The monoisotopic (exact) mass is 485 g/mol. The molecule has 0 saturated carbocycles. The molecular formula is C23H24FN5O4S. The summed E-state index contributed by atoms with van der Waals surface area (Å²) in [6.07, 6.45) is 3.17. The topological polar surface area (TPSA) is 99.9 Å². The van der Waals surface area contributed by atoms with Crippen molar-refractivity contribution in [3.8, 4) is 28.6 Å². The summed E-state index contributed by atoms with van der Waals surface area (Å²) in [6.45, 7) is 4.19. The number of thioether (sulfide) groups is 1. The molecule has 0 aliphatic heterocycles. The second kappa shape index (κ2) is 11.8. The van der Waals surface area contributed by atoms with Crippen LogP contribution in [0.25, 0.3) is 11.4 Å². The fourth-order valence-electron chi connectivity index (χ4n) is 3.02. The van der Waals surface area contributed by atoms with Crippen molar-refractivity contribution < 1.29 is 23.4 Å². The predicted molar refractivity (Wildman–Crippen MR) is 128 cm³/mol. The van der Waals surface area contributed by atoms with Crippen LogP contribution in [-0.2, 0) is 11.3 Å². The molecule has 0 saturated heterocycles. The van der Waals surface area contributed by atoms with E-state index >= 15 is 0 Å². The van der Waals surface area contributed by atoms with Gasteiger partial charge in [-0.15, -0.1) is 16.8 Å². The molecule has 0 bridgehead atoms. The van der Waals surface area contributed by atoms with Crippen LogP contribution in [0.1, 0.15) is 5.56 Å². The van der Waals surface area contributed by atoms with Gasteiger partial charge in [-0.3, -0.25) is 9.36 Å². The number of halogens is 1. The molecule has 0 radical (unpaired) electrons. The molecule has 0 atom stereocenters. The first-order valence-electron chi connectivity index (χ1n) is 10.1. The number of aromatic nitrogens is 3. The zero-order valence-electron chi connectivity index (χ0n) is 18.9. The molecule has 0 aliphatic carbocycles. The Kier molecular flexibility index (Phi) is 8.63. The van der Waals surface area contributed by atoms with Crippen molar-refractivity contribution in [2.24, 2.45) is 5.10 Å². The van der Waals surface area contributed by atoms with Gasteiger partial charge in [-0.05, 0) is 36.4 Å². The Morgan fingerprint density at radius 2 is 1.82 bits per heavy atom. The lowest BCUT2D eigenvalue weighted by Gasteiger charge is -2.12. The van der Waals surface area contributed by atoms with E-state index in [0.717, 1.165) is 0 Å². The highest BCUT2D eigenvalue weighted by Crippen LogP contribution is 2.37. The second-order valence-electron chi connectivity index (χ2n) is 6.75. The number of ether oxygens (including phenoxy) is 3. The van der Waals surface area contributed by atoms with Gasteiger partial charge in [-0.25, -0.2) is 9.82 Å². The number of rotatable bonds is 11. The van der Waals surface area contributed by atoms with Gasteiger partial charge in [0, 0.05) is 17.7 Å². The van der Waals surface area contributed by atoms with Crippen molar-refractivity contribution in [1.29, 1.82) is 0 Å². The Morgan fingerprint density at radius 1 is 1.15 bits per heavy atom. The van der Waals surface area contributed by atoms with Gasteiger partial charge >= 0.3 is 0 Å². The fourth-order valence-corrected chi connectivity index (χ4v) is 3.76. The molecule has 0 fully saturated rings. The maximum absolute atomic E-state index is 13.2. The quantitative estimate of drug-likeness (QED) is 0.192. The number of nitrogens with zero attached hydrogens (tertiary/aromatic N) is 4. The van der Waals surface area contributed by atoms with Crippen LogP contribution >= 0.6 is 11.8 Å². The molecule has 11 heteroatoms. The molecule has 3 rings (SSSR count). The zero-order valence-corrected chi connectivity index (χ0v) is 19.8. The van der Waals surface area contributed by atoms with E-state index in [9.17, 15) is 9.18 Å². The third-order valence-electron chi connectivity index (χ3n) is 4.55. The lowest BCUT2D eigenvalue weighted by molar-refractivity contribution is -0.118. The average molecular weight is 486 g/mol. The van der Waals surface area contributed by atoms with Crippen LogP contribution in [0.15, 0.2) is 59.3 Å². The minimum atomic E-state index is -0.336. The van der Waals surface area contributed by atoms with E-state index in [4.69, 9.17) is 14.2 Å². The van der Waals surface area contributed by atoms with Crippen LogP contribution in [0.4, 0.5) is 4.39 Å². The number of carbonyl (C=O) groups is 1. The average Bonchev–Trinajstić information content (AvgIpc) is 3.25. The molecule has 0 spiro atoms. The van der Waals surface area contributed by atoms with Crippen LogP contribution < -0.4 is 19.6 Å². The van der Waals surface area contributed by atoms with Crippen LogP contribution in [0.2, 0.25) is 0 Å². The molecule has 1 amide bonds. The maximum Gasteiger partial charge on any atom is 0.250 e. The van der Waals surface area contributed by atoms with Crippen molar-refractivity contribution in [2.75, 3.05) is 27.1 Å². The number of benzene rings is 2. The van der Waals surface area contributed by atoms with Crippen molar-refractivity contribution in [1.82, 2.24) is 20.2 Å². The zero-order chi connectivity index (χ0) is 24.5. The SMILES string of the molecule is C=CCn1c(SCC(=O)NN=Cc2cc(OC)c(OC)c(OC)c2)nnc1-c1ccc(F)cc1. The van der Waals surface area contributed by atoms with Gasteiger partial charge < -0.3 is 14.2 Å². The molecule has 3 aromatic rings. The third kappa shape index (κ3) is 5.93. The van der Waals surface area contributed by atoms with Gasteiger partial charge in [0.05, 0.1) is 33.3 Å². The van der Waals surface area contributed by atoms with E-state index in [2.05, 4.69) is 27.3 Å². The van der Waals surface area contributed by atoms with Gasteiger partial charge in [0.15, 0.2) is 22.5 Å². The number of hydrogen-bond acceptors (Lipinski definition) is 8. The number of hydrazone groups is 1. The third-order valence-corrected chi connectivity index (χ3v) is 5.52. The van der Waals surface area contributed by atoms with E-state index < -0.39 is 0 Å². The molecule has 178 valence electrons. The Balaban J connectivity index is 1.65. The van der Waals surface area contributed by atoms with Crippen LogP contribution in [0.3, 0.4) is 0 Å². The molecule has 34 heavy (non-hydrogen) atoms. The summed E-state index contributed by atoms with van der Waals surface area (Å²) in [7, 11) is 4.55. The molecular weight excluding hydrogens is 461 g/mol. The first-order valence-corrected chi connectivity index (χ1v) is 11.0. The summed E-state index contributed by atoms with van der Waals surface area (Å²) in [6, 6.07) is 9.37. The van der Waals surface area contributed by atoms with Crippen molar-refractivity contribution in [2.45, 2.75) is 11.7 Å². The molecule has 0 unspecified atom stereocenters. The highest BCUT2D eigenvalue weighted by atomic mass is 32.2. The van der Waals surface area contributed by atoms with Crippen molar-refractivity contribution >= 4 is 23.9 Å². The molecule has 1 heterocycles. The summed E-state index contributed by atoms with van der Waals surface area (Å²) in [5.74, 6) is 1.37. The normalized spacial score (nSPS) is 10.8. The van der Waals surface area contributed by atoms with Gasteiger partial charge in [-0.2, -0.15) is 5.10 Å². The minimum absolute atomic E-state index is 0.0608. The van der Waals surface area contributed by atoms with E-state index in [1.165, 1.54) is 51.4 Å². The van der Waals surface area contributed by atoms with Crippen molar-refractivity contribution in [3.63, 3.8) is 0 Å². The number of nitrogens with one attached hydrogen (secondary N) is 1. The smallest absolute Gasteiger partial charge is 0.250 e. The second-order valence-corrected chi connectivity index (χ2v) is 7.70. The number of allylic oxidation sites excluding steroid dienone is 1. The summed E-state index contributed by atoms with van der Waals surface area (Å²) in [4.78, 5) is 12.3. The first-order chi connectivity index (χ1) is 16.5. The van der Waals surface area contributed by atoms with Crippen LogP contribution in [0, 0.1) is 5.82 Å². The lowest BCUT2D eigenvalue weighted by atomic mass is 10.2. The Bertz CT molecular complexity index is 1160. The number of hydrogen-bond donors (Lipinski definition) is 1. The maximum atomic E-state index is 13.2. The van der Waals surface area contributed by atoms with E-state index in [0.29, 0.717) is 45.9 Å². The molecule has 1 N–H and O–H groups in total. The van der Waals surface area contributed by atoms with E-state index in [1.807, 2.05) is 0 Å². The van der Waals surface area contributed by atoms with E-state index in [1.54, 1.807) is 34.9 Å². The molecule has 2 aromatic carbocycles. The lowest BCUT2D eigenvalue weighted by Crippen LogP contribution is -2.20. The fraction of sp³-hybridized carbons (Fsp3) is 0.217. The Labute approximate surface area is 200 Å². The van der Waals surface area contributed by atoms with Gasteiger partial charge in [0.2, 0.25) is 5.75 Å². The molecule has 0 aliphatic rings. The molecule has 1 aromatic heterocycles. The molecule has 9 nitrogen and oxygen atoms in total. The minimum Gasteiger partial charge on any atom is -0.493 e. The standard InChI is InChI=1S/C23H24FN5O4S/c1-5-10-29-22(16-6-8-17(24)9-7-16)27-28-23(29)34-14-20(30)26-25-13-15-11-18(31-2)21(33-4)19(12-15)32-3/h5-9,11-13H,1,10,14H2,2-4H3,(H,26,30). The summed E-state index contributed by atoms with van der Waals surface area (Å²) >= 11 is 1.20. The summed E-state index contributed by atoms with van der Waals surface area (Å²) in [5.41, 5.74) is 3.84. The largest absolute Gasteiger partial charge is 0.493 e. The number of carbonyl (C=O) groups excluding carboxylic acids is 1. The van der Waals surface area contributed by atoms with Crippen LogP contribution in [0.5, 0.6) is 17.2 Å². The summed E-state index contributed by atoms with van der Waals surface area (Å²) < 4.78 is 31.0. The number of methoxy groups -OCH3 is 3. The first kappa shape index (κ1) is 24.8. The van der Waals surface area contributed by atoms with Crippen molar-refractivity contribution in [3.05, 3.63) is 60.4 Å².